The molecule has 1 aromatic carbocycles. The van der Waals surface area contributed by atoms with E-state index in [1.165, 1.54) is 6.07 Å². The summed E-state index contributed by atoms with van der Waals surface area (Å²) in [6, 6.07) is 4.50. The Balaban J connectivity index is 1.53. The molecule has 2 aliphatic carbocycles. The van der Waals surface area contributed by atoms with Crippen molar-refractivity contribution in [1.82, 2.24) is 4.90 Å². The highest BCUT2D eigenvalue weighted by Gasteiger charge is 2.48. The van der Waals surface area contributed by atoms with E-state index in [1.807, 2.05) is 0 Å². The van der Waals surface area contributed by atoms with Crippen LogP contribution in [-0.2, 0) is 23.9 Å². The zero-order chi connectivity index (χ0) is 17.1. The van der Waals surface area contributed by atoms with Crippen molar-refractivity contribution in [3.8, 4) is 0 Å². The number of halogens is 3. The van der Waals surface area contributed by atoms with E-state index in [9.17, 15) is 18.0 Å². The van der Waals surface area contributed by atoms with Gasteiger partial charge in [-0.25, -0.2) is 0 Å². The van der Waals surface area contributed by atoms with Crippen LogP contribution in [0.15, 0.2) is 18.2 Å². The Hall–Kier alpha value is -1.56. The first-order chi connectivity index (χ1) is 11.3. The van der Waals surface area contributed by atoms with Crippen LogP contribution in [0.1, 0.15) is 36.0 Å². The molecule has 3 nitrogen and oxygen atoms in total. The van der Waals surface area contributed by atoms with Crippen molar-refractivity contribution < 1.29 is 18.0 Å². The number of amides is 1. The van der Waals surface area contributed by atoms with Crippen molar-refractivity contribution in [3.05, 3.63) is 34.9 Å². The van der Waals surface area contributed by atoms with Gasteiger partial charge in [-0.2, -0.15) is 13.2 Å². The average molecular weight is 338 g/mol. The normalized spacial score (nSPS) is 32.1. The lowest BCUT2D eigenvalue weighted by atomic mass is 9.72. The van der Waals surface area contributed by atoms with Crippen LogP contribution < -0.4 is 5.73 Å². The molecule has 1 aromatic rings. The van der Waals surface area contributed by atoms with Crippen LogP contribution in [0.25, 0.3) is 0 Å². The van der Waals surface area contributed by atoms with Gasteiger partial charge in [-0.1, -0.05) is 12.1 Å². The molecule has 0 spiro atoms. The summed E-state index contributed by atoms with van der Waals surface area (Å²) in [4.78, 5) is 14.4. The Kier molecular flexibility index (Phi) is 3.64. The van der Waals surface area contributed by atoms with E-state index in [2.05, 4.69) is 0 Å². The first kappa shape index (κ1) is 15.9. The highest BCUT2D eigenvalue weighted by molar-refractivity contribution is 5.79. The van der Waals surface area contributed by atoms with Gasteiger partial charge < -0.3 is 10.6 Å². The molecule has 1 heterocycles. The Morgan fingerprint density at radius 1 is 1.21 bits per heavy atom. The van der Waals surface area contributed by atoms with Gasteiger partial charge >= 0.3 is 6.18 Å². The first-order valence-corrected chi connectivity index (χ1v) is 8.57. The van der Waals surface area contributed by atoms with E-state index < -0.39 is 11.7 Å². The standard InChI is InChI=1S/C18H21F3N2O/c19-18(20,21)15-3-1-2-10-4-5-23(9-14(10)15)17(24)12-6-11-8-16(22)13(11)7-12/h1-3,11-13,16H,4-9,22H2/t11-,12?,13-,16+/m0/s1. The molecule has 130 valence electrons. The van der Waals surface area contributed by atoms with Crippen LogP contribution in [0.5, 0.6) is 0 Å². The van der Waals surface area contributed by atoms with Crippen LogP contribution in [0.3, 0.4) is 0 Å². The van der Waals surface area contributed by atoms with Gasteiger partial charge in [0.05, 0.1) is 5.56 Å². The van der Waals surface area contributed by atoms with Crippen molar-refractivity contribution in [2.75, 3.05) is 6.54 Å². The van der Waals surface area contributed by atoms with Gasteiger partial charge in [0.1, 0.15) is 0 Å². The largest absolute Gasteiger partial charge is 0.416 e. The van der Waals surface area contributed by atoms with E-state index in [0.29, 0.717) is 30.4 Å². The second-order valence-electron chi connectivity index (χ2n) is 7.44. The number of carbonyl (C=O) groups excluding carboxylic acids is 1. The quantitative estimate of drug-likeness (QED) is 0.856. The molecule has 4 atom stereocenters. The molecule has 0 radical (unpaired) electrons. The highest BCUT2D eigenvalue weighted by atomic mass is 19.4. The zero-order valence-corrected chi connectivity index (χ0v) is 13.4. The third-order valence-corrected chi connectivity index (χ3v) is 6.11. The molecule has 2 saturated carbocycles. The SMILES string of the molecule is N[C@@H]1C[C@@H]2CC(C(=O)N3CCc4cccc(C(F)(F)F)c4C3)C[C@@H]21. The predicted octanol–water partition coefficient (Wildman–Crippen LogP) is 2.96. The maximum atomic E-state index is 13.2. The van der Waals surface area contributed by atoms with E-state index in [0.717, 1.165) is 25.3 Å². The minimum absolute atomic E-state index is 0.0132. The molecule has 6 heteroatoms. The van der Waals surface area contributed by atoms with Crippen molar-refractivity contribution in [2.24, 2.45) is 23.5 Å². The molecular weight excluding hydrogens is 317 g/mol. The van der Waals surface area contributed by atoms with Gasteiger partial charge in [0.15, 0.2) is 0 Å². The summed E-state index contributed by atoms with van der Waals surface area (Å²) in [7, 11) is 0. The number of alkyl halides is 3. The third kappa shape index (κ3) is 2.51. The maximum Gasteiger partial charge on any atom is 0.416 e. The van der Waals surface area contributed by atoms with Crippen molar-refractivity contribution in [3.63, 3.8) is 0 Å². The molecule has 1 amide bonds. The summed E-state index contributed by atoms with van der Waals surface area (Å²) in [5.74, 6) is 0.922. The van der Waals surface area contributed by atoms with Gasteiger partial charge in [-0.05, 0) is 54.7 Å². The molecule has 2 N–H and O–H groups in total. The van der Waals surface area contributed by atoms with Crippen molar-refractivity contribution in [1.29, 1.82) is 0 Å². The van der Waals surface area contributed by atoms with E-state index in [4.69, 9.17) is 5.73 Å². The number of rotatable bonds is 1. The first-order valence-electron chi connectivity index (χ1n) is 8.57. The third-order valence-electron chi connectivity index (χ3n) is 6.11. The monoisotopic (exact) mass is 338 g/mol. The lowest BCUT2D eigenvalue weighted by molar-refractivity contribution is -0.141. The van der Waals surface area contributed by atoms with Gasteiger partial charge in [0.25, 0.3) is 0 Å². The summed E-state index contributed by atoms with van der Waals surface area (Å²) < 4.78 is 39.7. The molecule has 2 fully saturated rings. The Morgan fingerprint density at radius 3 is 2.67 bits per heavy atom. The smallest absolute Gasteiger partial charge is 0.338 e. The average Bonchev–Trinajstić information content (AvgIpc) is 2.89. The van der Waals surface area contributed by atoms with Gasteiger partial charge in [-0.3, -0.25) is 4.79 Å². The van der Waals surface area contributed by atoms with Crippen molar-refractivity contribution >= 4 is 5.91 Å². The number of hydrogen-bond donors (Lipinski definition) is 1. The maximum absolute atomic E-state index is 13.2. The van der Waals surface area contributed by atoms with Crippen LogP contribution in [-0.4, -0.2) is 23.4 Å². The molecule has 0 saturated heterocycles. The van der Waals surface area contributed by atoms with Gasteiger partial charge in [-0.15, -0.1) is 0 Å². The fourth-order valence-electron chi connectivity index (χ4n) is 4.78. The zero-order valence-electron chi connectivity index (χ0n) is 13.4. The molecular formula is C18H21F3N2O. The Labute approximate surface area is 139 Å². The van der Waals surface area contributed by atoms with Crippen LogP contribution in [0.4, 0.5) is 13.2 Å². The van der Waals surface area contributed by atoms with E-state index in [1.54, 1.807) is 11.0 Å². The van der Waals surface area contributed by atoms with Gasteiger partial charge in [0.2, 0.25) is 5.91 Å². The lowest BCUT2D eigenvalue weighted by Gasteiger charge is -2.37. The molecule has 4 rings (SSSR count). The summed E-state index contributed by atoms with van der Waals surface area (Å²) in [6.45, 7) is 0.576. The molecule has 0 aromatic heterocycles. The van der Waals surface area contributed by atoms with Crippen LogP contribution >= 0.6 is 0 Å². The number of fused-ring (bicyclic) bond motifs is 2. The summed E-state index contributed by atoms with van der Waals surface area (Å²) >= 11 is 0. The lowest BCUT2D eigenvalue weighted by Crippen LogP contribution is -2.44. The fourth-order valence-corrected chi connectivity index (χ4v) is 4.78. The molecule has 3 aliphatic rings. The number of hydrogen-bond acceptors (Lipinski definition) is 2. The predicted molar refractivity (Wildman–Crippen MR) is 82.9 cm³/mol. The summed E-state index contributed by atoms with van der Waals surface area (Å²) in [5.41, 5.74) is 6.36. The number of nitrogens with two attached hydrogens (primary N) is 1. The van der Waals surface area contributed by atoms with Crippen LogP contribution in [0.2, 0.25) is 0 Å². The topological polar surface area (TPSA) is 46.3 Å². The number of carbonyl (C=O) groups is 1. The summed E-state index contributed by atoms with van der Waals surface area (Å²) in [6.07, 6.45) is -1.26. The number of nitrogens with zero attached hydrogens (tertiary/aromatic N) is 1. The second kappa shape index (κ2) is 5.48. The molecule has 1 aliphatic heterocycles. The molecule has 24 heavy (non-hydrogen) atoms. The summed E-state index contributed by atoms with van der Waals surface area (Å²) in [5, 5.41) is 0. The van der Waals surface area contributed by atoms with E-state index in [-0.39, 0.29) is 30.0 Å². The van der Waals surface area contributed by atoms with Crippen LogP contribution in [0, 0.1) is 17.8 Å². The fraction of sp³-hybridized carbons (Fsp3) is 0.611. The second-order valence-corrected chi connectivity index (χ2v) is 7.44. The Morgan fingerprint density at radius 2 is 2.00 bits per heavy atom. The Bertz CT molecular complexity index is 673. The van der Waals surface area contributed by atoms with Gasteiger partial charge in [0, 0.05) is 25.0 Å². The minimum atomic E-state index is -4.38. The molecule has 0 bridgehead atoms. The van der Waals surface area contributed by atoms with E-state index >= 15 is 0 Å². The van der Waals surface area contributed by atoms with Crippen molar-refractivity contribution in [2.45, 2.75) is 44.4 Å². The number of benzene rings is 1. The molecule has 1 unspecified atom stereocenters. The highest BCUT2D eigenvalue weighted by Crippen LogP contribution is 2.49. The minimum Gasteiger partial charge on any atom is -0.338 e.